The van der Waals surface area contributed by atoms with Crippen molar-refractivity contribution in [3.8, 4) is 12.3 Å². The molecular weight excluding hydrogens is 405 g/mol. The third-order valence-corrected chi connectivity index (χ3v) is 5.31. The number of rotatable bonds is 6. The summed E-state index contributed by atoms with van der Waals surface area (Å²) < 4.78 is 46.0. The van der Waals surface area contributed by atoms with Crippen LogP contribution in [0, 0.1) is 18.2 Å². The van der Waals surface area contributed by atoms with Crippen LogP contribution < -0.4 is 0 Å². The van der Waals surface area contributed by atoms with Crippen LogP contribution >= 0.6 is 15.9 Å². The van der Waals surface area contributed by atoms with E-state index in [0.717, 1.165) is 0 Å². The number of benzene rings is 1. The van der Waals surface area contributed by atoms with Crippen molar-refractivity contribution in [3.63, 3.8) is 0 Å². The zero-order valence-corrected chi connectivity index (χ0v) is 17.0. The molecule has 0 saturated carbocycles. The van der Waals surface area contributed by atoms with Crippen molar-refractivity contribution in [2.24, 2.45) is 0 Å². The molecular formula is C19H22BBrF2O3. The second-order valence-corrected chi connectivity index (χ2v) is 7.90. The highest BCUT2D eigenvalue weighted by atomic mass is 79.9. The first-order valence-electron chi connectivity index (χ1n) is 8.30. The van der Waals surface area contributed by atoms with Crippen LogP contribution in [-0.2, 0) is 14.0 Å². The van der Waals surface area contributed by atoms with E-state index in [2.05, 4.69) is 21.9 Å². The summed E-state index contributed by atoms with van der Waals surface area (Å²) in [5.74, 6) is 1.94. The van der Waals surface area contributed by atoms with Crippen LogP contribution in [0.25, 0.3) is 5.57 Å². The maximum atomic E-state index is 15.3. The van der Waals surface area contributed by atoms with Gasteiger partial charge in [-0.25, -0.2) is 8.78 Å². The minimum absolute atomic E-state index is 0.137. The van der Waals surface area contributed by atoms with Crippen molar-refractivity contribution in [2.75, 3.05) is 13.2 Å². The first-order chi connectivity index (χ1) is 12.1. The van der Waals surface area contributed by atoms with Crippen LogP contribution in [0.5, 0.6) is 0 Å². The molecule has 0 unspecified atom stereocenters. The van der Waals surface area contributed by atoms with Gasteiger partial charge in [0.2, 0.25) is 0 Å². The lowest BCUT2D eigenvalue weighted by Crippen LogP contribution is -2.41. The maximum Gasteiger partial charge on any atom is 0.525 e. The van der Waals surface area contributed by atoms with Gasteiger partial charge in [-0.1, -0.05) is 12.0 Å². The van der Waals surface area contributed by atoms with Gasteiger partial charge in [0.1, 0.15) is 18.2 Å². The smallest absolute Gasteiger partial charge is 0.398 e. The highest BCUT2D eigenvalue weighted by molar-refractivity contribution is 9.10. The lowest BCUT2D eigenvalue weighted by Gasteiger charge is -2.32. The zero-order chi connectivity index (χ0) is 19.5. The summed E-state index contributed by atoms with van der Waals surface area (Å²) in [6.45, 7) is 7.77. The molecule has 0 atom stereocenters. The topological polar surface area (TPSA) is 27.7 Å². The molecule has 1 aliphatic heterocycles. The molecule has 2 rings (SSSR count). The molecule has 0 bridgehead atoms. The molecule has 3 nitrogen and oxygen atoms in total. The minimum Gasteiger partial charge on any atom is -0.398 e. The van der Waals surface area contributed by atoms with Gasteiger partial charge in [-0.15, -0.1) is 6.42 Å². The van der Waals surface area contributed by atoms with E-state index in [0.29, 0.717) is 11.1 Å². The van der Waals surface area contributed by atoms with E-state index in [9.17, 15) is 4.39 Å². The standard InChI is InChI=1S/C19H22BBrF2O3/c1-6-10-24-11-9-14(13-7-8-16(22)15(21)12-13)17(23)20-25-18(2,3)19(4,5)26-20/h1,7-8,12H,9-11H2,2-5H3. The first-order valence-corrected chi connectivity index (χ1v) is 9.09. The Bertz CT molecular complexity index is 725. The summed E-state index contributed by atoms with van der Waals surface area (Å²) in [6.07, 6.45) is 5.41. The van der Waals surface area contributed by atoms with Gasteiger partial charge in [0, 0.05) is 0 Å². The fourth-order valence-corrected chi connectivity index (χ4v) is 2.86. The normalized spacial score (nSPS) is 19.2. The van der Waals surface area contributed by atoms with Gasteiger partial charge in [-0.3, -0.25) is 0 Å². The number of ether oxygens (including phenoxy) is 1. The number of terminal acetylenes is 1. The highest BCUT2D eigenvalue weighted by Crippen LogP contribution is 2.40. The van der Waals surface area contributed by atoms with Crippen LogP contribution in [-0.4, -0.2) is 31.5 Å². The number of hydrogen-bond donors (Lipinski definition) is 0. The third-order valence-electron chi connectivity index (χ3n) is 4.70. The molecule has 0 aliphatic carbocycles. The van der Waals surface area contributed by atoms with Gasteiger partial charge in [0.15, 0.2) is 0 Å². The van der Waals surface area contributed by atoms with Crippen LogP contribution in [0.4, 0.5) is 8.78 Å². The summed E-state index contributed by atoms with van der Waals surface area (Å²) in [5.41, 5.74) is -1.02. The van der Waals surface area contributed by atoms with Crippen LogP contribution in [0.3, 0.4) is 0 Å². The van der Waals surface area contributed by atoms with E-state index < -0.39 is 29.9 Å². The number of hydrogen-bond acceptors (Lipinski definition) is 3. The molecule has 0 spiro atoms. The fourth-order valence-electron chi connectivity index (χ4n) is 2.48. The minimum atomic E-state index is -1.13. The first kappa shape index (κ1) is 21.1. The van der Waals surface area contributed by atoms with E-state index in [-0.39, 0.29) is 24.1 Å². The van der Waals surface area contributed by atoms with Crippen molar-refractivity contribution < 1.29 is 22.8 Å². The summed E-state index contributed by atoms with van der Waals surface area (Å²) in [4.78, 5) is 0. The van der Waals surface area contributed by atoms with Crippen molar-refractivity contribution in [3.05, 3.63) is 39.8 Å². The van der Waals surface area contributed by atoms with Crippen LogP contribution in [0.1, 0.15) is 39.7 Å². The van der Waals surface area contributed by atoms with E-state index >= 15 is 4.39 Å². The number of halogens is 3. The highest BCUT2D eigenvalue weighted by Gasteiger charge is 2.53. The third kappa shape index (κ3) is 4.55. The Kier molecular flexibility index (Phi) is 6.67. The van der Waals surface area contributed by atoms with E-state index in [1.54, 1.807) is 0 Å². The second kappa shape index (κ2) is 8.22. The van der Waals surface area contributed by atoms with Gasteiger partial charge < -0.3 is 14.0 Å². The van der Waals surface area contributed by atoms with Crippen molar-refractivity contribution >= 4 is 28.6 Å². The van der Waals surface area contributed by atoms with E-state index in [1.165, 1.54) is 18.2 Å². The monoisotopic (exact) mass is 426 g/mol. The Balaban J connectivity index is 2.37. The Hall–Kier alpha value is -1.20. The van der Waals surface area contributed by atoms with Gasteiger partial charge in [-0.2, -0.15) is 0 Å². The molecule has 1 heterocycles. The zero-order valence-electron chi connectivity index (χ0n) is 15.4. The quantitative estimate of drug-likeness (QED) is 0.366. The molecule has 0 aromatic heterocycles. The molecule has 1 aromatic rings. The predicted molar refractivity (Wildman–Crippen MR) is 102 cm³/mol. The average molecular weight is 427 g/mol. The van der Waals surface area contributed by atoms with Crippen LogP contribution in [0.2, 0.25) is 0 Å². The Morgan fingerprint density at radius 2 is 1.88 bits per heavy atom. The van der Waals surface area contributed by atoms with Crippen molar-refractivity contribution in [2.45, 2.75) is 45.3 Å². The molecule has 0 radical (unpaired) electrons. The summed E-state index contributed by atoms with van der Waals surface area (Å²) in [5, 5.41) is 0. The predicted octanol–water partition coefficient (Wildman–Crippen LogP) is 4.94. The van der Waals surface area contributed by atoms with Gasteiger partial charge in [0.05, 0.1) is 22.3 Å². The average Bonchev–Trinajstić information content (AvgIpc) is 2.78. The molecule has 1 saturated heterocycles. The van der Waals surface area contributed by atoms with Gasteiger partial charge >= 0.3 is 7.12 Å². The van der Waals surface area contributed by atoms with Gasteiger partial charge in [0.25, 0.3) is 0 Å². The fraction of sp³-hybridized carbons (Fsp3) is 0.474. The second-order valence-electron chi connectivity index (χ2n) is 7.05. The summed E-state index contributed by atoms with van der Waals surface area (Å²) in [7, 11) is -1.13. The largest absolute Gasteiger partial charge is 0.525 e. The SMILES string of the molecule is C#CCOCCC(=C(F)B1OC(C)(C)C(C)(C)O1)c1ccc(F)c(Br)c1. The summed E-state index contributed by atoms with van der Waals surface area (Å²) >= 11 is 3.14. The molecule has 1 fully saturated rings. The molecule has 0 N–H and O–H groups in total. The Morgan fingerprint density at radius 3 is 2.42 bits per heavy atom. The van der Waals surface area contributed by atoms with E-state index in [1.807, 2.05) is 27.7 Å². The summed E-state index contributed by atoms with van der Waals surface area (Å²) in [6, 6.07) is 4.32. The molecule has 140 valence electrons. The molecule has 1 aromatic carbocycles. The lowest BCUT2D eigenvalue weighted by atomic mass is 9.82. The van der Waals surface area contributed by atoms with Gasteiger partial charge in [-0.05, 0) is 73.3 Å². The molecule has 7 heteroatoms. The lowest BCUT2D eigenvalue weighted by molar-refractivity contribution is 0.00578. The van der Waals surface area contributed by atoms with Crippen LogP contribution in [0.15, 0.2) is 28.4 Å². The molecule has 1 aliphatic rings. The molecule has 0 amide bonds. The van der Waals surface area contributed by atoms with Crippen molar-refractivity contribution in [1.29, 1.82) is 0 Å². The van der Waals surface area contributed by atoms with Crippen molar-refractivity contribution in [1.82, 2.24) is 0 Å². The maximum absolute atomic E-state index is 15.3. The molecule has 26 heavy (non-hydrogen) atoms. The Labute approximate surface area is 162 Å². The van der Waals surface area contributed by atoms with E-state index in [4.69, 9.17) is 20.5 Å². The Morgan fingerprint density at radius 1 is 1.27 bits per heavy atom.